The average molecular weight is 430 g/mol. The molecule has 0 radical (unpaired) electrons. The fourth-order valence-electron chi connectivity index (χ4n) is 5.62. The van der Waals surface area contributed by atoms with E-state index in [0.29, 0.717) is 23.8 Å². The summed E-state index contributed by atoms with van der Waals surface area (Å²) in [5.41, 5.74) is 0.829. The van der Waals surface area contributed by atoms with Gasteiger partial charge in [-0.3, -0.25) is 4.90 Å². The Balaban J connectivity index is 1.33. The van der Waals surface area contributed by atoms with Gasteiger partial charge in [0.25, 0.3) is 0 Å². The van der Waals surface area contributed by atoms with E-state index in [1.165, 1.54) is 19.2 Å². The van der Waals surface area contributed by atoms with E-state index in [0.717, 1.165) is 45.5 Å². The van der Waals surface area contributed by atoms with Gasteiger partial charge in [-0.2, -0.15) is 10.1 Å². The lowest BCUT2D eigenvalue weighted by Gasteiger charge is -2.31. The molecule has 4 heterocycles. The monoisotopic (exact) mass is 429 g/mol. The van der Waals surface area contributed by atoms with E-state index in [-0.39, 0.29) is 18.2 Å². The second-order valence-electron chi connectivity index (χ2n) is 8.89. The average Bonchev–Trinajstić information content (AvgIpc) is 3.51. The lowest BCUT2D eigenvalue weighted by Crippen LogP contribution is -2.35. The zero-order valence-corrected chi connectivity index (χ0v) is 18.2. The first kappa shape index (κ1) is 20.7. The second kappa shape index (κ2) is 8.37. The Hall–Kier alpha value is -2.23. The van der Waals surface area contributed by atoms with Crippen LogP contribution in [0.3, 0.4) is 0 Å². The van der Waals surface area contributed by atoms with Crippen molar-refractivity contribution in [2.24, 2.45) is 11.8 Å². The number of fused-ring (bicyclic) bond motifs is 1. The van der Waals surface area contributed by atoms with Gasteiger partial charge in [0, 0.05) is 44.6 Å². The number of nitrogens with zero attached hydrogens (tertiary/aromatic N) is 5. The zero-order valence-electron chi connectivity index (χ0n) is 18.2. The minimum absolute atomic E-state index is 0.0403. The first-order chi connectivity index (χ1) is 15.1. The molecule has 3 aliphatic rings. The van der Waals surface area contributed by atoms with Crippen LogP contribution in [0.4, 0.5) is 0 Å². The number of hydrogen-bond donors (Lipinski definition) is 1. The van der Waals surface area contributed by atoms with Crippen molar-refractivity contribution in [1.29, 1.82) is 0 Å². The summed E-state index contributed by atoms with van der Waals surface area (Å²) in [6, 6.07) is 2.32. The maximum atomic E-state index is 11.7. The summed E-state index contributed by atoms with van der Waals surface area (Å²) in [7, 11) is 3.09. The van der Waals surface area contributed by atoms with Gasteiger partial charge in [-0.1, -0.05) is 0 Å². The van der Waals surface area contributed by atoms with Crippen molar-refractivity contribution >= 4 is 0 Å². The lowest BCUT2D eigenvalue weighted by molar-refractivity contribution is -0.0422. The molecule has 1 N–H and O–H groups in total. The van der Waals surface area contributed by atoms with Crippen molar-refractivity contribution in [3.8, 4) is 11.9 Å². The van der Waals surface area contributed by atoms with Crippen molar-refractivity contribution in [2.75, 3.05) is 33.9 Å². The normalized spacial score (nSPS) is 31.0. The lowest BCUT2D eigenvalue weighted by atomic mass is 9.83. The molecular formula is C22H31N5O4. The molecule has 0 unspecified atom stereocenters. The van der Waals surface area contributed by atoms with Gasteiger partial charge in [0.15, 0.2) is 6.23 Å². The van der Waals surface area contributed by atoms with Gasteiger partial charge in [0.1, 0.15) is 5.60 Å². The Bertz CT molecular complexity index is 915. The van der Waals surface area contributed by atoms with E-state index in [1.807, 2.05) is 10.9 Å². The summed E-state index contributed by atoms with van der Waals surface area (Å²) in [4.78, 5) is 11.0. The first-order valence-electron chi connectivity index (χ1n) is 11.2. The van der Waals surface area contributed by atoms with Gasteiger partial charge in [-0.05, 0) is 44.1 Å². The van der Waals surface area contributed by atoms with Gasteiger partial charge in [-0.15, -0.1) is 0 Å². The quantitative estimate of drug-likeness (QED) is 0.746. The molecule has 2 aliphatic heterocycles. The predicted molar refractivity (Wildman–Crippen MR) is 112 cm³/mol. The number of likely N-dealkylation sites (tertiary alicyclic amines) is 1. The van der Waals surface area contributed by atoms with E-state index in [1.54, 1.807) is 13.3 Å². The van der Waals surface area contributed by atoms with Crippen LogP contribution >= 0.6 is 0 Å². The minimum atomic E-state index is -0.996. The molecule has 2 saturated heterocycles. The van der Waals surface area contributed by atoms with Gasteiger partial charge in [0.05, 0.1) is 25.5 Å². The Kier molecular flexibility index (Phi) is 5.58. The zero-order chi connectivity index (χ0) is 21.4. The molecule has 2 aromatic rings. The number of aromatic nitrogens is 4. The molecule has 3 fully saturated rings. The number of ether oxygens (including phenoxy) is 3. The Morgan fingerprint density at radius 1 is 1.23 bits per heavy atom. The number of hydrogen-bond acceptors (Lipinski definition) is 8. The molecule has 4 atom stereocenters. The Morgan fingerprint density at radius 3 is 2.90 bits per heavy atom. The summed E-state index contributed by atoms with van der Waals surface area (Å²) in [6.07, 6.45) is 8.53. The van der Waals surface area contributed by atoms with Crippen molar-refractivity contribution < 1.29 is 19.3 Å². The standard InChI is InChI=1S/C22H31N5O4/c1-29-20-17(11-23-21(25-20)30-2)22(28)8-6-15-12-26(14-18(15)22)13-16-7-9-24-27(16)19-5-3-4-10-31-19/h7,9,11,15,18-19,28H,3-6,8,10,12-14H2,1-2H3/t15-,18+,19-,22+/m0/s1. The fraction of sp³-hybridized carbons (Fsp3) is 0.682. The van der Waals surface area contributed by atoms with Crippen LogP contribution in [0.25, 0.3) is 0 Å². The van der Waals surface area contributed by atoms with Gasteiger partial charge < -0.3 is 19.3 Å². The molecule has 1 saturated carbocycles. The van der Waals surface area contributed by atoms with Crippen molar-refractivity contribution in [1.82, 2.24) is 24.6 Å². The van der Waals surface area contributed by atoms with Crippen molar-refractivity contribution in [2.45, 2.75) is 50.5 Å². The molecule has 0 spiro atoms. The summed E-state index contributed by atoms with van der Waals surface area (Å²) in [5, 5.41) is 16.3. The highest BCUT2D eigenvalue weighted by Gasteiger charge is 2.54. The molecule has 5 rings (SSSR count). The van der Waals surface area contributed by atoms with Crippen LogP contribution in [0, 0.1) is 11.8 Å². The topological polar surface area (TPSA) is 94.8 Å². The van der Waals surface area contributed by atoms with Crippen molar-refractivity contribution in [3.63, 3.8) is 0 Å². The molecule has 168 valence electrons. The van der Waals surface area contributed by atoms with Crippen LogP contribution in [-0.2, 0) is 16.9 Å². The molecule has 0 amide bonds. The maximum absolute atomic E-state index is 11.7. The number of aliphatic hydroxyl groups is 1. The summed E-state index contributed by atoms with van der Waals surface area (Å²) in [6.45, 7) is 3.38. The largest absolute Gasteiger partial charge is 0.481 e. The molecule has 9 nitrogen and oxygen atoms in total. The second-order valence-corrected chi connectivity index (χ2v) is 8.89. The molecule has 0 aromatic carbocycles. The summed E-state index contributed by atoms with van der Waals surface area (Å²) >= 11 is 0. The fourth-order valence-corrected chi connectivity index (χ4v) is 5.62. The van der Waals surface area contributed by atoms with E-state index in [2.05, 4.69) is 26.0 Å². The summed E-state index contributed by atoms with van der Waals surface area (Å²) < 4.78 is 18.6. The van der Waals surface area contributed by atoms with E-state index >= 15 is 0 Å². The molecule has 1 aliphatic carbocycles. The van der Waals surface area contributed by atoms with Gasteiger partial charge in [-0.25, -0.2) is 9.67 Å². The minimum Gasteiger partial charge on any atom is -0.481 e. The highest BCUT2D eigenvalue weighted by Crippen LogP contribution is 2.52. The van der Waals surface area contributed by atoms with E-state index in [9.17, 15) is 5.11 Å². The van der Waals surface area contributed by atoms with Crippen LogP contribution in [0.5, 0.6) is 11.9 Å². The Morgan fingerprint density at radius 2 is 2.13 bits per heavy atom. The third-order valence-corrected chi connectivity index (χ3v) is 7.17. The van der Waals surface area contributed by atoms with Crippen LogP contribution in [0.1, 0.15) is 49.6 Å². The summed E-state index contributed by atoms with van der Waals surface area (Å²) in [5.74, 6) is 0.931. The predicted octanol–water partition coefficient (Wildman–Crippen LogP) is 2.12. The molecular weight excluding hydrogens is 398 g/mol. The Labute approximate surface area is 182 Å². The van der Waals surface area contributed by atoms with Crippen LogP contribution in [0.2, 0.25) is 0 Å². The molecule has 31 heavy (non-hydrogen) atoms. The van der Waals surface area contributed by atoms with Crippen LogP contribution in [-0.4, -0.2) is 63.7 Å². The third kappa shape index (κ3) is 3.68. The van der Waals surface area contributed by atoms with Crippen LogP contribution in [0.15, 0.2) is 18.5 Å². The van der Waals surface area contributed by atoms with Crippen molar-refractivity contribution in [3.05, 3.63) is 29.7 Å². The molecule has 9 heteroatoms. The van der Waals surface area contributed by atoms with Crippen LogP contribution < -0.4 is 9.47 Å². The van der Waals surface area contributed by atoms with E-state index in [4.69, 9.17) is 14.2 Å². The highest BCUT2D eigenvalue weighted by atomic mass is 16.5. The smallest absolute Gasteiger partial charge is 0.319 e. The van der Waals surface area contributed by atoms with E-state index < -0.39 is 5.60 Å². The van der Waals surface area contributed by atoms with Gasteiger partial charge >= 0.3 is 6.01 Å². The molecule has 0 bridgehead atoms. The first-order valence-corrected chi connectivity index (χ1v) is 11.2. The highest BCUT2D eigenvalue weighted by molar-refractivity contribution is 5.34. The maximum Gasteiger partial charge on any atom is 0.319 e. The third-order valence-electron chi connectivity index (χ3n) is 7.17. The number of rotatable bonds is 6. The SMILES string of the molecule is COc1ncc([C@]2(O)CC[C@H]3CN(Cc4ccnn4[C@@H]4CCCCO4)C[C@H]32)c(OC)n1. The number of methoxy groups -OCH3 is 2. The van der Waals surface area contributed by atoms with Gasteiger partial charge in [0.2, 0.25) is 5.88 Å². The molecule has 2 aromatic heterocycles.